The van der Waals surface area contributed by atoms with E-state index in [4.69, 9.17) is 5.11 Å². The molecule has 0 aliphatic heterocycles. The maximum Gasteiger partial charge on any atom is 0.326 e. The Labute approximate surface area is 120 Å². The molecular weight excluding hydrogens is 284 g/mol. The van der Waals surface area contributed by atoms with E-state index in [1.54, 1.807) is 0 Å². The molecule has 0 aliphatic rings. The molecule has 2 amide bonds. The van der Waals surface area contributed by atoms with Crippen molar-refractivity contribution in [2.45, 2.75) is 39.2 Å². The molecule has 0 aromatic carbocycles. The van der Waals surface area contributed by atoms with E-state index in [1.807, 2.05) is 0 Å². The van der Waals surface area contributed by atoms with Crippen molar-refractivity contribution in [1.29, 1.82) is 0 Å². The molecule has 0 saturated carbocycles. The van der Waals surface area contributed by atoms with E-state index < -0.39 is 27.9 Å². The van der Waals surface area contributed by atoms with Crippen LogP contribution in [0.5, 0.6) is 0 Å². The van der Waals surface area contributed by atoms with Gasteiger partial charge < -0.3 is 15.7 Å². The Hall–Kier alpha value is -1.31. The summed E-state index contributed by atoms with van der Waals surface area (Å²) in [5.74, 6) is -0.982. The Kier molecular flexibility index (Phi) is 8.21. The van der Waals surface area contributed by atoms with Crippen molar-refractivity contribution >= 4 is 21.8 Å². The normalized spacial score (nSPS) is 13.0. The molecule has 0 aromatic rings. The van der Waals surface area contributed by atoms with Gasteiger partial charge in [-0.05, 0) is 25.2 Å². The molecule has 0 radical (unpaired) electrons. The van der Waals surface area contributed by atoms with Gasteiger partial charge in [-0.1, -0.05) is 13.8 Å². The quantitative estimate of drug-likeness (QED) is 0.540. The minimum Gasteiger partial charge on any atom is -0.480 e. The average Bonchev–Trinajstić information content (AvgIpc) is 2.28. The third-order valence-corrected chi connectivity index (χ3v) is 3.60. The molecule has 0 rings (SSSR count). The van der Waals surface area contributed by atoms with Crippen LogP contribution in [0, 0.1) is 5.92 Å². The monoisotopic (exact) mass is 308 g/mol. The molecule has 8 heteroatoms. The zero-order chi connectivity index (χ0) is 15.8. The first-order chi connectivity index (χ1) is 9.11. The molecule has 0 bridgehead atoms. The van der Waals surface area contributed by atoms with Crippen molar-refractivity contribution in [3.63, 3.8) is 0 Å². The van der Waals surface area contributed by atoms with Crippen molar-refractivity contribution in [2.75, 3.05) is 18.6 Å². The summed E-state index contributed by atoms with van der Waals surface area (Å²) in [5.41, 5.74) is 0. The predicted octanol–water partition coefficient (Wildman–Crippen LogP) is 0.610. The molecule has 1 atom stereocenters. The second kappa shape index (κ2) is 8.78. The number of carboxylic acid groups (broad SMARTS) is 1. The predicted molar refractivity (Wildman–Crippen MR) is 76.4 cm³/mol. The maximum atomic E-state index is 11.5. The van der Waals surface area contributed by atoms with Gasteiger partial charge >= 0.3 is 12.0 Å². The van der Waals surface area contributed by atoms with E-state index in [2.05, 4.69) is 24.5 Å². The number of aliphatic carboxylic acids is 1. The Morgan fingerprint density at radius 1 is 1.20 bits per heavy atom. The summed E-state index contributed by atoms with van der Waals surface area (Å²) < 4.78 is 22.0. The van der Waals surface area contributed by atoms with Crippen LogP contribution in [-0.4, -0.2) is 50.1 Å². The van der Waals surface area contributed by atoms with Gasteiger partial charge in [-0.2, -0.15) is 0 Å². The van der Waals surface area contributed by atoms with Crippen LogP contribution in [0.1, 0.15) is 33.1 Å². The summed E-state index contributed by atoms with van der Waals surface area (Å²) in [6.07, 6.45) is 2.66. The highest BCUT2D eigenvalue weighted by Gasteiger charge is 2.21. The standard InChI is InChI=1S/C12H24N2O5S/c1-9(2)5-4-7-13-12(17)14-10(11(15)16)6-8-20(3,18)19/h9-10H,4-8H2,1-3H3,(H,15,16)(H2,13,14,17). The highest BCUT2D eigenvalue weighted by molar-refractivity contribution is 7.90. The summed E-state index contributed by atoms with van der Waals surface area (Å²) in [6, 6.07) is -1.79. The molecule has 0 aromatic heterocycles. The fraction of sp³-hybridized carbons (Fsp3) is 0.833. The van der Waals surface area contributed by atoms with Crippen molar-refractivity contribution in [1.82, 2.24) is 10.6 Å². The highest BCUT2D eigenvalue weighted by Crippen LogP contribution is 2.02. The van der Waals surface area contributed by atoms with E-state index in [-0.39, 0.29) is 12.2 Å². The molecule has 0 aliphatic carbocycles. The van der Waals surface area contributed by atoms with Crippen molar-refractivity contribution in [3.8, 4) is 0 Å². The zero-order valence-electron chi connectivity index (χ0n) is 12.2. The summed E-state index contributed by atoms with van der Waals surface area (Å²) in [5, 5.41) is 13.7. The van der Waals surface area contributed by atoms with Gasteiger partial charge in [0.05, 0.1) is 5.75 Å². The number of rotatable bonds is 9. The van der Waals surface area contributed by atoms with Gasteiger partial charge in [0.2, 0.25) is 0 Å². The Morgan fingerprint density at radius 3 is 2.25 bits per heavy atom. The summed E-state index contributed by atoms with van der Waals surface area (Å²) in [4.78, 5) is 22.4. The highest BCUT2D eigenvalue weighted by atomic mass is 32.2. The van der Waals surface area contributed by atoms with Crippen LogP contribution in [0.3, 0.4) is 0 Å². The number of carbonyl (C=O) groups excluding carboxylic acids is 1. The lowest BCUT2D eigenvalue weighted by atomic mass is 10.1. The number of sulfone groups is 1. The summed E-state index contributed by atoms with van der Waals surface area (Å²) >= 11 is 0. The van der Waals surface area contributed by atoms with E-state index in [9.17, 15) is 18.0 Å². The molecule has 0 fully saturated rings. The number of carboxylic acids is 1. The van der Waals surface area contributed by atoms with Crippen LogP contribution >= 0.6 is 0 Å². The van der Waals surface area contributed by atoms with Gasteiger partial charge in [0.1, 0.15) is 15.9 Å². The van der Waals surface area contributed by atoms with Gasteiger partial charge in [0.15, 0.2) is 0 Å². The third kappa shape index (κ3) is 10.6. The number of hydrogen-bond acceptors (Lipinski definition) is 4. The maximum absolute atomic E-state index is 11.5. The van der Waals surface area contributed by atoms with Gasteiger partial charge in [-0.15, -0.1) is 0 Å². The van der Waals surface area contributed by atoms with Gasteiger partial charge in [0, 0.05) is 12.8 Å². The van der Waals surface area contributed by atoms with Crippen LogP contribution < -0.4 is 10.6 Å². The van der Waals surface area contributed by atoms with Crippen LogP contribution in [0.15, 0.2) is 0 Å². The number of urea groups is 1. The second-order valence-corrected chi connectivity index (χ2v) is 7.51. The smallest absolute Gasteiger partial charge is 0.326 e. The van der Waals surface area contributed by atoms with Crippen LogP contribution in [0.25, 0.3) is 0 Å². The first-order valence-electron chi connectivity index (χ1n) is 6.56. The molecule has 3 N–H and O–H groups in total. The third-order valence-electron chi connectivity index (χ3n) is 2.62. The van der Waals surface area contributed by atoms with E-state index >= 15 is 0 Å². The average molecular weight is 308 g/mol. The lowest BCUT2D eigenvalue weighted by Crippen LogP contribution is -2.46. The lowest BCUT2D eigenvalue weighted by Gasteiger charge is -2.15. The molecule has 0 heterocycles. The summed E-state index contributed by atoms with van der Waals surface area (Å²) in [6.45, 7) is 4.61. The Morgan fingerprint density at radius 2 is 1.80 bits per heavy atom. The van der Waals surface area contributed by atoms with Crippen molar-refractivity contribution < 1.29 is 23.1 Å². The van der Waals surface area contributed by atoms with Crippen LogP contribution in [0.2, 0.25) is 0 Å². The molecule has 1 unspecified atom stereocenters. The number of amides is 2. The SMILES string of the molecule is CC(C)CCCNC(=O)NC(CCS(C)(=O)=O)C(=O)O. The van der Waals surface area contributed by atoms with E-state index in [0.717, 1.165) is 19.1 Å². The van der Waals surface area contributed by atoms with Gasteiger partial charge in [-0.3, -0.25) is 0 Å². The fourth-order valence-corrected chi connectivity index (χ4v) is 2.17. The number of hydrogen-bond donors (Lipinski definition) is 3. The lowest BCUT2D eigenvalue weighted by molar-refractivity contribution is -0.139. The first-order valence-corrected chi connectivity index (χ1v) is 8.62. The Bertz CT molecular complexity index is 420. The fourth-order valence-electron chi connectivity index (χ4n) is 1.51. The zero-order valence-corrected chi connectivity index (χ0v) is 13.0. The minimum absolute atomic E-state index is 0.145. The topological polar surface area (TPSA) is 113 Å². The number of nitrogens with one attached hydrogen (secondary N) is 2. The molecule has 7 nitrogen and oxygen atoms in total. The van der Waals surface area contributed by atoms with Crippen LogP contribution in [0.4, 0.5) is 4.79 Å². The van der Waals surface area contributed by atoms with Crippen molar-refractivity contribution in [3.05, 3.63) is 0 Å². The molecule has 118 valence electrons. The van der Waals surface area contributed by atoms with Crippen molar-refractivity contribution in [2.24, 2.45) is 5.92 Å². The van der Waals surface area contributed by atoms with E-state index in [1.165, 1.54) is 0 Å². The molecule has 20 heavy (non-hydrogen) atoms. The number of carbonyl (C=O) groups is 2. The Balaban J connectivity index is 4.12. The molecule has 0 spiro atoms. The second-order valence-electron chi connectivity index (χ2n) is 5.25. The molecule has 0 saturated heterocycles. The first kappa shape index (κ1) is 18.7. The van der Waals surface area contributed by atoms with Gasteiger partial charge in [0.25, 0.3) is 0 Å². The summed E-state index contributed by atoms with van der Waals surface area (Å²) in [7, 11) is -3.25. The minimum atomic E-state index is -3.25. The largest absolute Gasteiger partial charge is 0.480 e. The van der Waals surface area contributed by atoms with E-state index in [0.29, 0.717) is 12.5 Å². The van der Waals surface area contributed by atoms with Gasteiger partial charge in [-0.25, -0.2) is 18.0 Å². The van der Waals surface area contributed by atoms with Crippen LogP contribution in [-0.2, 0) is 14.6 Å². The molecular formula is C12H24N2O5S.